The van der Waals surface area contributed by atoms with Gasteiger partial charge < -0.3 is 5.11 Å². The third-order valence-electron chi connectivity index (χ3n) is 1.95. The Hall–Kier alpha value is -0.160. The van der Waals surface area contributed by atoms with Crippen LogP contribution in [0.1, 0.15) is 11.8 Å². The Balaban J connectivity index is 2.49. The quantitative estimate of drug-likeness (QED) is 0.838. The molecule has 0 bridgehead atoms. The van der Waals surface area contributed by atoms with Gasteiger partial charge in [0.15, 0.2) is 4.47 Å². The van der Waals surface area contributed by atoms with E-state index in [1.165, 1.54) is 11.3 Å². The lowest BCUT2D eigenvalue weighted by molar-refractivity contribution is 0.155. The molecule has 1 heterocycles. The lowest BCUT2D eigenvalue weighted by atomic mass is 10.3. The van der Waals surface area contributed by atoms with Crippen molar-refractivity contribution in [3.05, 3.63) is 15.5 Å². The largest absolute Gasteiger partial charge is 0.395 e. The molecule has 1 N–H and O–H groups in total. The van der Waals surface area contributed by atoms with E-state index in [0.717, 1.165) is 11.4 Å². The van der Waals surface area contributed by atoms with Crippen molar-refractivity contribution in [1.82, 2.24) is 9.88 Å². The number of nitrogens with zero attached hydrogens (tertiary/aromatic N) is 2. The summed E-state index contributed by atoms with van der Waals surface area (Å²) in [7, 11) is 1.97. The van der Waals surface area contributed by atoms with Crippen molar-refractivity contribution in [3.63, 3.8) is 0 Å². The van der Waals surface area contributed by atoms with Crippen LogP contribution >= 0.6 is 22.9 Å². The van der Waals surface area contributed by atoms with Crippen molar-refractivity contribution in [3.8, 4) is 0 Å². The molecule has 74 valence electrons. The van der Waals surface area contributed by atoms with Gasteiger partial charge in [-0.1, -0.05) is 11.6 Å². The number of thiazole rings is 1. The molecule has 0 aliphatic heterocycles. The molecular weight excluding hydrogens is 208 g/mol. The second-order valence-electron chi connectivity index (χ2n) is 3.03. The molecule has 5 heteroatoms. The number of aliphatic hydroxyl groups is 1. The van der Waals surface area contributed by atoms with Crippen LogP contribution < -0.4 is 0 Å². The van der Waals surface area contributed by atoms with Crippen molar-refractivity contribution in [2.75, 3.05) is 13.7 Å². The lowest BCUT2D eigenvalue weighted by Crippen LogP contribution is -2.31. The number of aromatic nitrogens is 1. The Kier molecular flexibility index (Phi) is 4.12. The Morgan fingerprint density at radius 2 is 2.46 bits per heavy atom. The summed E-state index contributed by atoms with van der Waals surface area (Å²) in [4.78, 5) is 7.13. The Labute approximate surface area is 87.0 Å². The monoisotopic (exact) mass is 220 g/mol. The first-order valence-electron chi connectivity index (χ1n) is 4.04. The minimum atomic E-state index is 0.167. The minimum Gasteiger partial charge on any atom is -0.395 e. The van der Waals surface area contributed by atoms with Crippen LogP contribution in [0.5, 0.6) is 0 Å². The van der Waals surface area contributed by atoms with Gasteiger partial charge in [0.25, 0.3) is 0 Å². The van der Waals surface area contributed by atoms with E-state index < -0.39 is 0 Å². The van der Waals surface area contributed by atoms with Crippen LogP contribution in [-0.4, -0.2) is 34.7 Å². The maximum atomic E-state index is 8.91. The zero-order chi connectivity index (χ0) is 9.84. The van der Waals surface area contributed by atoms with E-state index in [-0.39, 0.29) is 12.6 Å². The van der Waals surface area contributed by atoms with E-state index in [2.05, 4.69) is 9.88 Å². The predicted octanol–water partition coefficient (Wildman–Crippen LogP) is 1.61. The number of likely N-dealkylation sites (N-methyl/N-ethyl adjacent to an activating group) is 1. The van der Waals surface area contributed by atoms with Gasteiger partial charge in [-0.15, -0.1) is 11.3 Å². The van der Waals surface area contributed by atoms with Crippen LogP contribution in [0.2, 0.25) is 4.47 Å². The number of hydrogen-bond donors (Lipinski definition) is 1. The second kappa shape index (κ2) is 4.91. The summed E-state index contributed by atoms with van der Waals surface area (Å²) >= 11 is 7.17. The van der Waals surface area contributed by atoms with Gasteiger partial charge in [0.2, 0.25) is 0 Å². The van der Waals surface area contributed by atoms with Gasteiger partial charge in [0, 0.05) is 23.7 Å². The highest BCUT2D eigenvalue weighted by molar-refractivity contribution is 7.15. The second-order valence-corrected chi connectivity index (χ2v) is 4.72. The lowest BCUT2D eigenvalue weighted by Gasteiger charge is -2.21. The molecule has 1 aromatic heterocycles. The van der Waals surface area contributed by atoms with Crippen LogP contribution in [-0.2, 0) is 6.54 Å². The van der Waals surface area contributed by atoms with Gasteiger partial charge in [0.05, 0.1) is 6.61 Å². The Morgan fingerprint density at radius 3 is 2.92 bits per heavy atom. The molecular formula is C8H13ClN2OS. The van der Waals surface area contributed by atoms with Crippen LogP contribution in [0.25, 0.3) is 0 Å². The van der Waals surface area contributed by atoms with E-state index in [9.17, 15) is 0 Å². The van der Waals surface area contributed by atoms with Gasteiger partial charge in [-0.05, 0) is 14.0 Å². The molecule has 1 unspecified atom stereocenters. The summed E-state index contributed by atoms with van der Waals surface area (Å²) in [5.74, 6) is 0. The molecule has 0 amide bonds. The molecule has 1 aromatic rings. The smallest absolute Gasteiger partial charge is 0.183 e. The van der Waals surface area contributed by atoms with E-state index in [0.29, 0.717) is 4.47 Å². The van der Waals surface area contributed by atoms with Gasteiger partial charge >= 0.3 is 0 Å². The number of aliphatic hydroxyl groups excluding tert-OH is 1. The molecule has 13 heavy (non-hydrogen) atoms. The summed E-state index contributed by atoms with van der Waals surface area (Å²) in [6.45, 7) is 2.93. The summed E-state index contributed by atoms with van der Waals surface area (Å²) in [5.41, 5.74) is 0. The highest BCUT2D eigenvalue weighted by Gasteiger charge is 2.09. The Bertz CT molecular complexity index is 266. The standard InChI is InChI=1S/C8H13ClN2OS/c1-6(5-12)11(2)4-7-3-10-8(9)13-7/h3,6,12H,4-5H2,1-2H3. The molecule has 1 rings (SSSR count). The topological polar surface area (TPSA) is 36.4 Å². The summed E-state index contributed by atoms with van der Waals surface area (Å²) in [6.07, 6.45) is 1.77. The third-order valence-corrected chi connectivity index (χ3v) is 3.05. The van der Waals surface area contributed by atoms with Crippen LogP contribution in [0, 0.1) is 0 Å². The van der Waals surface area contributed by atoms with Gasteiger partial charge in [-0.3, -0.25) is 4.90 Å². The first-order chi connectivity index (χ1) is 6.13. The maximum Gasteiger partial charge on any atom is 0.183 e. The van der Waals surface area contributed by atoms with Gasteiger partial charge in [-0.2, -0.15) is 0 Å². The average molecular weight is 221 g/mol. The van der Waals surface area contributed by atoms with E-state index in [1.54, 1.807) is 6.20 Å². The highest BCUT2D eigenvalue weighted by atomic mass is 35.5. The molecule has 3 nitrogen and oxygen atoms in total. The van der Waals surface area contributed by atoms with Crippen LogP contribution in [0.3, 0.4) is 0 Å². The van der Waals surface area contributed by atoms with Crippen LogP contribution in [0.4, 0.5) is 0 Å². The van der Waals surface area contributed by atoms with Crippen molar-refractivity contribution >= 4 is 22.9 Å². The number of halogens is 1. The van der Waals surface area contributed by atoms with Crippen molar-refractivity contribution in [1.29, 1.82) is 0 Å². The first kappa shape index (κ1) is 10.9. The molecule has 0 fully saturated rings. The number of rotatable bonds is 4. The third kappa shape index (κ3) is 3.23. The summed E-state index contributed by atoms with van der Waals surface area (Å²) in [5, 5.41) is 8.91. The zero-order valence-electron chi connectivity index (χ0n) is 7.70. The summed E-state index contributed by atoms with van der Waals surface area (Å²) in [6, 6.07) is 0.167. The molecule has 0 aliphatic rings. The zero-order valence-corrected chi connectivity index (χ0v) is 9.27. The highest BCUT2D eigenvalue weighted by Crippen LogP contribution is 2.19. The van der Waals surface area contributed by atoms with Crippen LogP contribution in [0.15, 0.2) is 6.20 Å². The maximum absolute atomic E-state index is 8.91. The van der Waals surface area contributed by atoms with E-state index >= 15 is 0 Å². The molecule has 0 aliphatic carbocycles. The normalized spacial score (nSPS) is 13.6. The molecule has 1 atom stereocenters. The van der Waals surface area contributed by atoms with E-state index in [1.807, 2.05) is 14.0 Å². The molecule has 0 radical (unpaired) electrons. The van der Waals surface area contributed by atoms with Crippen molar-refractivity contribution < 1.29 is 5.11 Å². The van der Waals surface area contributed by atoms with Crippen molar-refractivity contribution in [2.45, 2.75) is 19.5 Å². The molecule has 0 saturated carbocycles. The number of hydrogen-bond acceptors (Lipinski definition) is 4. The molecule has 0 spiro atoms. The molecule has 0 saturated heterocycles. The van der Waals surface area contributed by atoms with E-state index in [4.69, 9.17) is 16.7 Å². The predicted molar refractivity (Wildman–Crippen MR) is 55.1 cm³/mol. The Morgan fingerprint density at radius 1 is 1.77 bits per heavy atom. The van der Waals surface area contributed by atoms with Gasteiger partial charge in [-0.25, -0.2) is 4.98 Å². The fourth-order valence-corrected chi connectivity index (χ4v) is 1.94. The molecule has 0 aromatic carbocycles. The fraction of sp³-hybridized carbons (Fsp3) is 0.625. The summed E-state index contributed by atoms with van der Waals surface area (Å²) < 4.78 is 0.569. The first-order valence-corrected chi connectivity index (χ1v) is 5.24. The minimum absolute atomic E-state index is 0.167. The van der Waals surface area contributed by atoms with Gasteiger partial charge in [0.1, 0.15) is 0 Å². The average Bonchev–Trinajstić information content (AvgIpc) is 2.49. The van der Waals surface area contributed by atoms with Crippen molar-refractivity contribution in [2.24, 2.45) is 0 Å². The fourth-order valence-electron chi connectivity index (χ4n) is 0.898. The SMILES string of the molecule is CC(CO)N(C)Cc1cnc(Cl)s1.